The number of aryl methyl sites for hydroxylation is 1. The second kappa shape index (κ2) is 10.5. The van der Waals surface area contributed by atoms with E-state index in [0.717, 1.165) is 60.9 Å². The van der Waals surface area contributed by atoms with Crippen LogP contribution >= 0.6 is 0 Å². The van der Waals surface area contributed by atoms with Gasteiger partial charge in [0, 0.05) is 31.1 Å². The average Bonchev–Trinajstić information content (AvgIpc) is 3.19. The molecule has 1 saturated carbocycles. The number of unbranched alkanes of at least 4 members (excludes halogenated alkanes) is 1. The maximum Gasteiger partial charge on any atom is 0.355 e. The first-order chi connectivity index (χ1) is 15.6. The molecule has 0 unspecified atom stereocenters. The Morgan fingerprint density at radius 1 is 1.12 bits per heavy atom. The normalized spacial score (nSPS) is 14.5. The summed E-state index contributed by atoms with van der Waals surface area (Å²) in [6, 6.07) is 11.6. The van der Waals surface area contributed by atoms with Crippen molar-refractivity contribution in [1.82, 2.24) is 19.7 Å². The van der Waals surface area contributed by atoms with Gasteiger partial charge in [0.2, 0.25) is 0 Å². The standard InChI is InChI=1S/C26H32N4O2/c1-2-3-16-30-24(28-23(29-30)17-19-8-5-4-6-9-19)18-20-11-13-21(14-12-20)22-10-7-15-27-25(22)26(31)32/h7,10-15,19H,2-6,8-9,16-18H2,1H3,(H,31,32). The molecule has 2 heterocycles. The zero-order valence-corrected chi connectivity index (χ0v) is 18.8. The maximum absolute atomic E-state index is 11.5. The zero-order valence-electron chi connectivity index (χ0n) is 18.8. The van der Waals surface area contributed by atoms with Crippen molar-refractivity contribution >= 4 is 5.97 Å². The van der Waals surface area contributed by atoms with Gasteiger partial charge in [-0.15, -0.1) is 0 Å². The number of carboxylic acid groups (broad SMARTS) is 1. The van der Waals surface area contributed by atoms with E-state index in [-0.39, 0.29) is 5.69 Å². The summed E-state index contributed by atoms with van der Waals surface area (Å²) in [5.41, 5.74) is 2.70. The van der Waals surface area contributed by atoms with Gasteiger partial charge in [0.1, 0.15) is 5.82 Å². The predicted octanol–water partition coefficient (Wildman–Crippen LogP) is 5.55. The molecule has 6 nitrogen and oxygen atoms in total. The van der Waals surface area contributed by atoms with Crippen molar-refractivity contribution < 1.29 is 9.90 Å². The molecular formula is C26H32N4O2. The number of aromatic nitrogens is 4. The van der Waals surface area contributed by atoms with Crippen LogP contribution in [-0.4, -0.2) is 30.8 Å². The molecule has 168 valence electrons. The fraction of sp³-hybridized carbons (Fsp3) is 0.462. The van der Waals surface area contributed by atoms with Crippen molar-refractivity contribution in [2.75, 3.05) is 0 Å². The molecule has 0 aliphatic heterocycles. The Balaban J connectivity index is 1.52. The summed E-state index contributed by atoms with van der Waals surface area (Å²) in [6.07, 6.45) is 12.1. The number of benzene rings is 1. The van der Waals surface area contributed by atoms with Crippen LogP contribution in [0.25, 0.3) is 11.1 Å². The molecule has 0 bridgehead atoms. The SMILES string of the molecule is CCCCn1nc(CC2CCCCC2)nc1Cc1ccc(-c2cccnc2C(=O)O)cc1. The molecule has 32 heavy (non-hydrogen) atoms. The van der Waals surface area contributed by atoms with Crippen molar-refractivity contribution in [2.45, 2.75) is 71.3 Å². The molecule has 2 aromatic heterocycles. The van der Waals surface area contributed by atoms with Gasteiger partial charge >= 0.3 is 5.97 Å². The topological polar surface area (TPSA) is 80.9 Å². The van der Waals surface area contributed by atoms with Gasteiger partial charge in [-0.3, -0.25) is 0 Å². The molecular weight excluding hydrogens is 400 g/mol. The summed E-state index contributed by atoms with van der Waals surface area (Å²) < 4.78 is 2.10. The summed E-state index contributed by atoms with van der Waals surface area (Å²) in [7, 11) is 0. The Labute approximate surface area is 189 Å². The van der Waals surface area contributed by atoms with E-state index in [1.807, 2.05) is 24.3 Å². The van der Waals surface area contributed by atoms with Crippen LogP contribution in [0.15, 0.2) is 42.6 Å². The number of carboxylic acids is 1. The molecule has 0 saturated heterocycles. The Kier molecular flexibility index (Phi) is 7.30. The number of aromatic carboxylic acids is 1. The third-order valence-electron chi connectivity index (χ3n) is 6.35. The molecule has 1 aliphatic carbocycles. The van der Waals surface area contributed by atoms with Gasteiger partial charge in [0.05, 0.1) is 0 Å². The third kappa shape index (κ3) is 5.42. The molecule has 1 aliphatic rings. The van der Waals surface area contributed by atoms with E-state index in [2.05, 4.69) is 16.6 Å². The molecule has 1 aromatic carbocycles. The Morgan fingerprint density at radius 3 is 2.62 bits per heavy atom. The van der Waals surface area contributed by atoms with Gasteiger partial charge in [-0.2, -0.15) is 5.10 Å². The first-order valence-corrected chi connectivity index (χ1v) is 11.8. The molecule has 1 N–H and O–H groups in total. The van der Waals surface area contributed by atoms with Gasteiger partial charge in [-0.25, -0.2) is 19.4 Å². The number of nitrogens with zero attached hydrogens (tertiary/aromatic N) is 4. The predicted molar refractivity (Wildman–Crippen MR) is 125 cm³/mol. The highest BCUT2D eigenvalue weighted by molar-refractivity contribution is 5.93. The van der Waals surface area contributed by atoms with E-state index >= 15 is 0 Å². The van der Waals surface area contributed by atoms with E-state index < -0.39 is 5.97 Å². The van der Waals surface area contributed by atoms with Crippen LogP contribution in [0.4, 0.5) is 0 Å². The lowest BCUT2D eigenvalue weighted by atomic mass is 9.87. The first-order valence-electron chi connectivity index (χ1n) is 11.8. The van der Waals surface area contributed by atoms with E-state index in [0.29, 0.717) is 5.56 Å². The average molecular weight is 433 g/mol. The molecule has 0 spiro atoms. The number of hydrogen-bond donors (Lipinski definition) is 1. The number of hydrogen-bond acceptors (Lipinski definition) is 4. The zero-order chi connectivity index (χ0) is 22.3. The highest BCUT2D eigenvalue weighted by Gasteiger charge is 2.18. The molecule has 3 aromatic rings. The highest BCUT2D eigenvalue weighted by atomic mass is 16.4. The summed E-state index contributed by atoms with van der Waals surface area (Å²) in [5, 5.41) is 14.3. The van der Waals surface area contributed by atoms with E-state index in [9.17, 15) is 9.90 Å². The minimum absolute atomic E-state index is 0.0758. The second-order valence-corrected chi connectivity index (χ2v) is 8.81. The summed E-state index contributed by atoms with van der Waals surface area (Å²) >= 11 is 0. The van der Waals surface area contributed by atoms with Crippen LogP contribution in [0.1, 0.15) is 79.6 Å². The molecule has 1 fully saturated rings. The summed E-state index contributed by atoms with van der Waals surface area (Å²) in [6.45, 7) is 3.10. The lowest BCUT2D eigenvalue weighted by Gasteiger charge is -2.19. The van der Waals surface area contributed by atoms with Crippen LogP contribution < -0.4 is 0 Å². The van der Waals surface area contributed by atoms with Crippen LogP contribution in [0.5, 0.6) is 0 Å². The Morgan fingerprint density at radius 2 is 1.91 bits per heavy atom. The van der Waals surface area contributed by atoms with Gasteiger partial charge < -0.3 is 5.11 Å². The quantitative estimate of drug-likeness (QED) is 0.479. The maximum atomic E-state index is 11.5. The van der Waals surface area contributed by atoms with Crippen LogP contribution in [0.2, 0.25) is 0 Å². The van der Waals surface area contributed by atoms with Crippen LogP contribution in [0.3, 0.4) is 0 Å². The van der Waals surface area contributed by atoms with Crippen molar-refractivity contribution in [1.29, 1.82) is 0 Å². The summed E-state index contributed by atoms with van der Waals surface area (Å²) in [5.74, 6) is 1.71. The number of carbonyl (C=O) groups is 1. The first kappa shape index (κ1) is 22.2. The van der Waals surface area contributed by atoms with Crippen molar-refractivity contribution in [3.05, 3.63) is 65.5 Å². The van der Waals surface area contributed by atoms with Crippen molar-refractivity contribution in [3.63, 3.8) is 0 Å². The van der Waals surface area contributed by atoms with Crippen LogP contribution in [0, 0.1) is 5.92 Å². The van der Waals surface area contributed by atoms with E-state index in [1.54, 1.807) is 12.1 Å². The fourth-order valence-electron chi connectivity index (χ4n) is 4.57. The molecule has 0 atom stereocenters. The molecule has 6 heteroatoms. The largest absolute Gasteiger partial charge is 0.476 e. The van der Waals surface area contributed by atoms with Crippen LogP contribution in [-0.2, 0) is 19.4 Å². The highest BCUT2D eigenvalue weighted by Crippen LogP contribution is 2.27. The minimum atomic E-state index is -1.01. The van der Waals surface area contributed by atoms with E-state index in [4.69, 9.17) is 10.1 Å². The molecule has 0 radical (unpaired) electrons. The Hall–Kier alpha value is -3.02. The number of pyridine rings is 1. The van der Waals surface area contributed by atoms with Gasteiger partial charge in [-0.05, 0) is 29.5 Å². The van der Waals surface area contributed by atoms with Gasteiger partial charge in [0.25, 0.3) is 0 Å². The minimum Gasteiger partial charge on any atom is -0.476 e. The smallest absolute Gasteiger partial charge is 0.355 e. The van der Waals surface area contributed by atoms with Gasteiger partial charge in [0.15, 0.2) is 11.5 Å². The van der Waals surface area contributed by atoms with Crippen molar-refractivity contribution in [2.24, 2.45) is 5.92 Å². The third-order valence-corrected chi connectivity index (χ3v) is 6.35. The monoisotopic (exact) mass is 432 g/mol. The summed E-state index contributed by atoms with van der Waals surface area (Å²) in [4.78, 5) is 20.4. The fourth-order valence-corrected chi connectivity index (χ4v) is 4.57. The van der Waals surface area contributed by atoms with Gasteiger partial charge in [-0.1, -0.05) is 75.8 Å². The Bertz CT molecular complexity index is 1040. The van der Waals surface area contributed by atoms with Crippen molar-refractivity contribution in [3.8, 4) is 11.1 Å². The number of rotatable bonds is 9. The molecule has 4 rings (SSSR count). The lowest BCUT2D eigenvalue weighted by molar-refractivity contribution is 0.0691. The molecule has 0 amide bonds. The second-order valence-electron chi connectivity index (χ2n) is 8.81. The van der Waals surface area contributed by atoms with E-state index in [1.165, 1.54) is 38.3 Å². The lowest BCUT2D eigenvalue weighted by Crippen LogP contribution is -2.10.